The normalized spacial score (nSPS) is 10.2. The Hall–Kier alpha value is -2.36. The van der Waals surface area contributed by atoms with Gasteiger partial charge in [0, 0.05) is 31.2 Å². The summed E-state index contributed by atoms with van der Waals surface area (Å²) in [7, 11) is 1.77. The van der Waals surface area contributed by atoms with E-state index in [1.165, 1.54) is 5.56 Å². The van der Waals surface area contributed by atoms with E-state index in [9.17, 15) is 4.79 Å². The standard InChI is InChI=1S/C17H21N3O/c1-4-13-6-8-15(9-7-13)20(3)17(21)16-12-14(18-5-2)10-11-19-16/h6-12H,4-5H2,1-3H3,(H,18,19). The number of aryl methyl sites for hydroxylation is 1. The Balaban J connectivity index is 2.19. The zero-order valence-electron chi connectivity index (χ0n) is 12.8. The quantitative estimate of drug-likeness (QED) is 0.915. The van der Waals surface area contributed by atoms with Crippen molar-refractivity contribution in [1.29, 1.82) is 0 Å². The number of pyridine rings is 1. The zero-order valence-corrected chi connectivity index (χ0v) is 12.8. The van der Waals surface area contributed by atoms with E-state index in [2.05, 4.69) is 17.2 Å². The first-order valence-electron chi connectivity index (χ1n) is 7.22. The minimum atomic E-state index is -0.112. The molecule has 0 bridgehead atoms. The second kappa shape index (κ2) is 6.88. The molecule has 1 heterocycles. The number of nitrogens with one attached hydrogen (secondary N) is 1. The van der Waals surface area contributed by atoms with Crippen LogP contribution in [0.15, 0.2) is 42.6 Å². The van der Waals surface area contributed by atoms with Gasteiger partial charge in [-0.05, 0) is 43.2 Å². The summed E-state index contributed by atoms with van der Waals surface area (Å²) >= 11 is 0. The van der Waals surface area contributed by atoms with Crippen LogP contribution in [-0.4, -0.2) is 24.5 Å². The second-order valence-corrected chi connectivity index (χ2v) is 4.84. The molecule has 2 rings (SSSR count). The molecule has 1 aromatic heterocycles. The number of hydrogen-bond acceptors (Lipinski definition) is 3. The Morgan fingerprint density at radius 1 is 1.19 bits per heavy atom. The molecule has 1 amide bonds. The van der Waals surface area contributed by atoms with Crippen molar-refractivity contribution in [2.24, 2.45) is 0 Å². The van der Waals surface area contributed by atoms with Gasteiger partial charge >= 0.3 is 0 Å². The summed E-state index contributed by atoms with van der Waals surface area (Å²) in [5, 5.41) is 3.19. The van der Waals surface area contributed by atoms with Crippen LogP contribution in [0.4, 0.5) is 11.4 Å². The number of carbonyl (C=O) groups excluding carboxylic acids is 1. The number of nitrogens with zero attached hydrogens (tertiary/aromatic N) is 2. The summed E-state index contributed by atoms with van der Waals surface area (Å²) < 4.78 is 0. The number of rotatable bonds is 5. The first-order valence-corrected chi connectivity index (χ1v) is 7.22. The van der Waals surface area contributed by atoms with Crippen molar-refractivity contribution in [3.05, 3.63) is 53.9 Å². The molecule has 4 nitrogen and oxygen atoms in total. The van der Waals surface area contributed by atoms with Crippen LogP contribution in [0, 0.1) is 0 Å². The van der Waals surface area contributed by atoms with Crippen LogP contribution in [-0.2, 0) is 6.42 Å². The minimum absolute atomic E-state index is 0.112. The van der Waals surface area contributed by atoms with Crippen molar-refractivity contribution >= 4 is 17.3 Å². The number of amides is 1. The third kappa shape index (κ3) is 3.60. The van der Waals surface area contributed by atoms with Crippen molar-refractivity contribution in [1.82, 2.24) is 4.98 Å². The molecule has 0 spiro atoms. The summed E-state index contributed by atoms with van der Waals surface area (Å²) in [6, 6.07) is 11.7. The Labute approximate surface area is 125 Å². The van der Waals surface area contributed by atoms with Gasteiger partial charge in [0.2, 0.25) is 0 Å². The lowest BCUT2D eigenvalue weighted by molar-refractivity contribution is 0.0988. The summed E-state index contributed by atoms with van der Waals surface area (Å²) in [6.07, 6.45) is 2.64. The van der Waals surface area contributed by atoms with Crippen molar-refractivity contribution in [3.8, 4) is 0 Å². The molecule has 0 saturated carbocycles. The summed E-state index contributed by atoms with van der Waals surface area (Å²) in [4.78, 5) is 18.3. The molecule has 0 atom stereocenters. The number of aromatic nitrogens is 1. The Morgan fingerprint density at radius 2 is 1.90 bits per heavy atom. The molecular formula is C17H21N3O. The van der Waals surface area contributed by atoms with E-state index < -0.39 is 0 Å². The van der Waals surface area contributed by atoms with Gasteiger partial charge in [-0.3, -0.25) is 9.78 Å². The molecule has 0 aliphatic carbocycles. The van der Waals surface area contributed by atoms with E-state index in [1.807, 2.05) is 37.3 Å². The molecule has 1 aromatic carbocycles. The van der Waals surface area contributed by atoms with Crippen molar-refractivity contribution < 1.29 is 4.79 Å². The van der Waals surface area contributed by atoms with Crippen molar-refractivity contribution in [2.75, 3.05) is 23.8 Å². The van der Waals surface area contributed by atoms with Crippen LogP contribution < -0.4 is 10.2 Å². The molecule has 1 N–H and O–H groups in total. The van der Waals surface area contributed by atoms with Gasteiger partial charge < -0.3 is 10.2 Å². The zero-order chi connectivity index (χ0) is 15.2. The Bertz CT molecular complexity index is 608. The molecule has 0 aliphatic heterocycles. The van der Waals surface area contributed by atoms with E-state index in [4.69, 9.17) is 0 Å². The van der Waals surface area contributed by atoms with E-state index in [-0.39, 0.29) is 5.91 Å². The SMILES string of the molecule is CCNc1ccnc(C(=O)N(C)c2ccc(CC)cc2)c1. The highest BCUT2D eigenvalue weighted by molar-refractivity contribution is 6.04. The van der Waals surface area contributed by atoms with E-state index in [1.54, 1.807) is 24.2 Å². The van der Waals surface area contributed by atoms with E-state index >= 15 is 0 Å². The first kappa shape index (κ1) is 15.0. The molecule has 4 heteroatoms. The Kier molecular flexibility index (Phi) is 4.93. The van der Waals surface area contributed by atoms with Gasteiger partial charge in [0.25, 0.3) is 5.91 Å². The second-order valence-electron chi connectivity index (χ2n) is 4.84. The van der Waals surface area contributed by atoms with Gasteiger partial charge in [-0.1, -0.05) is 19.1 Å². The average Bonchev–Trinajstić information content (AvgIpc) is 2.54. The average molecular weight is 283 g/mol. The van der Waals surface area contributed by atoms with Gasteiger partial charge in [-0.2, -0.15) is 0 Å². The van der Waals surface area contributed by atoms with Gasteiger partial charge in [-0.25, -0.2) is 0 Å². The van der Waals surface area contributed by atoms with Crippen LogP contribution in [0.3, 0.4) is 0 Å². The van der Waals surface area contributed by atoms with Crippen LogP contribution in [0.2, 0.25) is 0 Å². The lowest BCUT2D eigenvalue weighted by Crippen LogP contribution is -2.27. The highest BCUT2D eigenvalue weighted by atomic mass is 16.2. The smallest absolute Gasteiger partial charge is 0.276 e. The maximum atomic E-state index is 12.5. The predicted molar refractivity (Wildman–Crippen MR) is 87.0 cm³/mol. The van der Waals surface area contributed by atoms with Crippen molar-refractivity contribution in [2.45, 2.75) is 20.3 Å². The lowest BCUT2D eigenvalue weighted by atomic mass is 10.1. The molecule has 110 valence electrons. The van der Waals surface area contributed by atoms with Gasteiger partial charge in [-0.15, -0.1) is 0 Å². The molecule has 21 heavy (non-hydrogen) atoms. The Morgan fingerprint density at radius 3 is 2.52 bits per heavy atom. The molecule has 0 fully saturated rings. The third-order valence-electron chi connectivity index (χ3n) is 3.40. The highest BCUT2D eigenvalue weighted by Crippen LogP contribution is 2.17. The largest absolute Gasteiger partial charge is 0.385 e. The number of carbonyl (C=O) groups is 1. The monoisotopic (exact) mass is 283 g/mol. The van der Waals surface area contributed by atoms with Crippen LogP contribution >= 0.6 is 0 Å². The van der Waals surface area contributed by atoms with Gasteiger partial charge in [0.15, 0.2) is 0 Å². The number of benzene rings is 1. The molecule has 2 aromatic rings. The fourth-order valence-electron chi connectivity index (χ4n) is 2.11. The third-order valence-corrected chi connectivity index (χ3v) is 3.40. The molecule has 0 radical (unpaired) electrons. The fourth-order valence-corrected chi connectivity index (χ4v) is 2.11. The maximum absolute atomic E-state index is 12.5. The topological polar surface area (TPSA) is 45.2 Å². The summed E-state index contributed by atoms with van der Waals surface area (Å²) in [5.74, 6) is -0.112. The van der Waals surface area contributed by atoms with Crippen LogP contribution in [0.1, 0.15) is 29.9 Å². The van der Waals surface area contributed by atoms with Gasteiger partial charge in [0.1, 0.15) is 5.69 Å². The summed E-state index contributed by atoms with van der Waals surface area (Å²) in [6.45, 7) is 4.94. The minimum Gasteiger partial charge on any atom is -0.385 e. The van der Waals surface area contributed by atoms with Crippen LogP contribution in [0.25, 0.3) is 0 Å². The molecule has 0 aliphatic rings. The molecule has 0 saturated heterocycles. The molecular weight excluding hydrogens is 262 g/mol. The van der Waals surface area contributed by atoms with Gasteiger partial charge in [0.05, 0.1) is 0 Å². The summed E-state index contributed by atoms with van der Waals surface area (Å²) in [5.41, 5.74) is 3.47. The first-order chi connectivity index (χ1) is 10.2. The number of anilines is 2. The maximum Gasteiger partial charge on any atom is 0.276 e. The predicted octanol–water partition coefficient (Wildman–Crippen LogP) is 3.35. The lowest BCUT2D eigenvalue weighted by Gasteiger charge is -2.17. The van der Waals surface area contributed by atoms with E-state index in [0.29, 0.717) is 5.69 Å². The van der Waals surface area contributed by atoms with Crippen molar-refractivity contribution in [3.63, 3.8) is 0 Å². The fraction of sp³-hybridized carbons (Fsp3) is 0.294. The molecule has 0 unspecified atom stereocenters. The highest BCUT2D eigenvalue weighted by Gasteiger charge is 2.15. The van der Waals surface area contributed by atoms with E-state index in [0.717, 1.165) is 24.3 Å². The number of hydrogen-bond donors (Lipinski definition) is 1. The van der Waals surface area contributed by atoms with Crippen LogP contribution in [0.5, 0.6) is 0 Å².